The van der Waals surface area contributed by atoms with Crippen LogP contribution in [0.5, 0.6) is 0 Å². The zero-order valence-corrected chi connectivity index (χ0v) is 11.6. The summed E-state index contributed by atoms with van der Waals surface area (Å²) in [6.45, 7) is 1.56. The minimum atomic E-state index is -0.391. The molecule has 94 valence electrons. The predicted molar refractivity (Wildman–Crippen MR) is 71.4 cm³/mol. The first kappa shape index (κ1) is 14.2. The molecule has 0 bridgehead atoms. The second kappa shape index (κ2) is 7.46. The fourth-order valence-corrected chi connectivity index (χ4v) is 1.89. The van der Waals surface area contributed by atoms with Crippen molar-refractivity contribution < 1.29 is 19.3 Å². The molecule has 0 aliphatic carbocycles. The van der Waals surface area contributed by atoms with E-state index in [1.165, 1.54) is 7.11 Å². The van der Waals surface area contributed by atoms with Gasteiger partial charge in [-0.3, -0.25) is 0 Å². The maximum atomic E-state index is 11.1. The Kier molecular flexibility index (Phi) is 6.23. The van der Waals surface area contributed by atoms with Gasteiger partial charge in [0.25, 0.3) is 0 Å². The summed E-state index contributed by atoms with van der Waals surface area (Å²) in [4.78, 5) is 20.0. The Balaban J connectivity index is 0.000000239. The Morgan fingerprint density at radius 1 is 1.41 bits per heavy atom. The lowest BCUT2D eigenvalue weighted by Crippen LogP contribution is -2.07. The van der Waals surface area contributed by atoms with Crippen LogP contribution in [0, 0.1) is 3.57 Å². The van der Waals surface area contributed by atoms with Gasteiger partial charge in [-0.15, -0.1) is 0 Å². The summed E-state index contributed by atoms with van der Waals surface area (Å²) < 4.78 is 5.38. The van der Waals surface area contributed by atoms with E-state index in [4.69, 9.17) is 5.73 Å². The summed E-state index contributed by atoms with van der Waals surface area (Å²) in [5, 5.41) is 0. The summed E-state index contributed by atoms with van der Waals surface area (Å²) in [7, 11) is 1.34. The summed E-state index contributed by atoms with van der Waals surface area (Å²) in [5.41, 5.74) is 6.49. The van der Waals surface area contributed by atoms with Crippen molar-refractivity contribution in [3.63, 3.8) is 0 Å². The first-order valence-electron chi connectivity index (χ1n) is 5.03. The van der Waals surface area contributed by atoms with Crippen molar-refractivity contribution in [3.8, 4) is 0 Å². The molecular weight excluding hydrogens is 337 g/mol. The smallest absolute Gasteiger partial charge is 0.341 e. The van der Waals surface area contributed by atoms with Crippen LogP contribution in [0.2, 0.25) is 0 Å². The first-order chi connectivity index (χ1) is 8.16. The molecule has 2 N–H and O–H groups in total. The molecule has 1 saturated heterocycles. The number of halogens is 1. The van der Waals surface area contributed by atoms with Crippen molar-refractivity contribution in [1.82, 2.24) is 0 Å². The molecule has 1 aliphatic rings. The van der Waals surface area contributed by atoms with E-state index in [2.05, 4.69) is 14.5 Å². The molecule has 1 aromatic rings. The van der Waals surface area contributed by atoms with E-state index in [0.29, 0.717) is 11.3 Å². The van der Waals surface area contributed by atoms with Crippen molar-refractivity contribution in [2.24, 2.45) is 0 Å². The second-order valence-electron chi connectivity index (χ2n) is 3.19. The SMILES string of the molecule is C1COOC1.COC(=O)c1c(N)cccc1I. The largest absolute Gasteiger partial charge is 0.465 e. The minimum Gasteiger partial charge on any atom is -0.465 e. The summed E-state index contributed by atoms with van der Waals surface area (Å²) >= 11 is 2.04. The molecule has 0 atom stereocenters. The van der Waals surface area contributed by atoms with Crippen LogP contribution in [-0.4, -0.2) is 26.3 Å². The molecule has 2 rings (SSSR count). The maximum absolute atomic E-state index is 11.1. The quantitative estimate of drug-likeness (QED) is 0.363. The predicted octanol–water partition coefficient (Wildman–Crippen LogP) is 2.00. The average molecular weight is 351 g/mol. The monoisotopic (exact) mass is 351 g/mol. The zero-order chi connectivity index (χ0) is 12.7. The van der Waals surface area contributed by atoms with Crippen LogP contribution in [0.1, 0.15) is 16.8 Å². The molecule has 1 aliphatic heterocycles. The number of benzene rings is 1. The van der Waals surface area contributed by atoms with E-state index < -0.39 is 5.97 Å². The fraction of sp³-hybridized carbons (Fsp3) is 0.364. The van der Waals surface area contributed by atoms with Crippen LogP contribution in [0.25, 0.3) is 0 Å². The topological polar surface area (TPSA) is 70.8 Å². The van der Waals surface area contributed by atoms with Gasteiger partial charge in [0.1, 0.15) is 0 Å². The molecule has 0 amide bonds. The highest BCUT2D eigenvalue weighted by atomic mass is 127. The Labute approximate surface area is 113 Å². The van der Waals surface area contributed by atoms with Gasteiger partial charge in [0.05, 0.1) is 25.9 Å². The lowest BCUT2D eigenvalue weighted by molar-refractivity contribution is -0.248. The molecule has 0 unspecified atom stereocenters. The Morgan fingerprint density at radius 3 is 2.47 bits per heavy atom. The van der Waals surface area contributed by atoms with Crippen LogP contribution in [-0.2, 0) is 14.5 Å². The molecule has 0 radical (unpaired) electrons. The summed E-state index contributed by atoms with van der Waals surface area (Å²) in [5.74, 6) is -0.391. The highest BCUT2D eigenvalue weighted by Crippen LogP contribution is 2.19. The molecule has 5 nitrogen and oxygen atoms in total. The van der Waals surface area contributed by atoms with Gasteiger partial charge < -0.3 is 10.5 Å². The number of ether oxygens (including phenoxy) is 1. The average Bonchev–Trinajstić information content (AvgIpc) is 2.87. The number of rotatable bonds is 1. The van der Waals surface area contributed by atoms with E-state index in [1.807, 2.05) is 28.7 Å². The van der Waals surface area contributed by atoms with Gasteiger partial charge in [-0.05, 0) is 34.7 Å². The van der Waals surface area contributed by atoms with E-state index in [1.54, 1.807) is 12.1 Å². The fourth-order valence-electron chi connectivity index (χ4n) is 1.15. The van der Waals surface area contributed by atoms with E-state index >= 15 is 0 Å². The maximum Gasteiger partial charge on any atom is 0.341 e. The molecule has 0 aromatic heterocycles. The van der Waals surface area contributed by atoms with E-state index in [0.717, 1.165) is 23.2 Å². The van der Waals surface area contributed by atoms with Crippen LogP contribution >= 0.6 is 22.6 Å². The van der Waals surface area contributed by atoms with E-state index in [9.17, 15) is 4.79 Å². The molecule has 0 spiro atoms. The number of carbonyl (C=O) groups is 1. The number of carbonyl (C=O) groups excluding carboxylic acids is 1. The Morgan fingerprint density at radius 2 is 2.06 bits per heavy atom. The number of esters is 1. The number of nitrogens with two attached hydrogens (primary N) is 1. The number of nitrogen functional groups attached to an aromatic ring is 1. The lowest BCUT2D eigenvalue weighted by atomic mass is 10.2. The highest BCUT2D eigenvalue weighted by molar-refractivity contribution is 14.1. The Bertz CT molecular complexity index is 352. The molecule has 0 saturated carbocycles. The third-order valence-electron chi connectivity index (χ3n) is 1.97. The third kappa shape index (κ3) is 4.49. The molecule has 1 fully saturated rings. The van der Waals surface area contributed by atoms with Gasteiger partial charge in [-0.2, -0.15) is 0 Å². The van der Waals surface area contributed by atoms with Crippen LogP contribution < -0.4 is 5.73 Å². The van der Waals surface area contributed by atoms with Crippen molar-refractivity contribution in [1.29, 1.82) is 0 Å². The standard InChI is InChI=1S/C8H8INO2.C3H6O2/c1-12-8(11)7-5(9)3-2-4-6(7)10;1-2-4-5-3-1/h2-4H,10H2,1H3;1-3H2. The number of methoxy groups -OCH3 is 1. The van der Waals surface area contributed by atoms with Crippen LogP contribution in [0.15, 0.2) is 18.2 Å². The van der Waals surface area contributed by atoms with Crippen molar-refractivity contribution in [3.05, 3.63) is 27.3 Å². The van der Waals surface area contributed by atoms with Gasteiger partial charge in [0.2, 0.25) is 0 Å². The second-order valence-corrected chi connectivity index (χ2v) is 4.36. The third-order valence-corrected chi connectivity index (χ3v) is 2.87. The molecule has 1 aromatic carbocycles. The summed E-state index contributed by atoms with van der Waals surface area (Å²) in [6.07, 6.45) is 1.06. The number of anilines is 1. The van der Waals surface area contributed by atoms with Crippen LogP contribution in [0.4, 0.5) is 5.69 Å². The van der Waals surface area contributed by atoms with E-state index in [-0.39, 0.29) is 0 Å². The number of hydrogen-bond acceptors (Lipinski definition) is 5. The highest BCUT2D eigenvalue weighted by Gasteiger charge is 2.12. The number of hydrogen-bond donors (Lipinski definition) is 1. The molecule has 1 heterocycles. The van der Waals surface area contributed by atoms with Gasteiger partial charge in [-0.1, -0.05) is 6.07 Å². The normalized spacial score (nSPS) is 13.8. The van der Waals surface area contributed by atoms with Gasteiger partial charge in [-0.25, -0.2) is 14.6 Å². The first-order valence-corrected chi connectivity index (χ1v) is 6.11. The van der Waals surface area contributed by atoms with Gasteiger partial charge in [0, 0.05) is 15.7 Å². The van der Waals surface area contributed by atoms with Crippen molar-refractivity contribution in [2.45, 2.75) is 6.42 Å². The van der Waals surface area contributed by atoms with Gasteiger partial charge in [0.15, 0.2) is 0 Å². The molecule has 6 heteroatoms. The van der Waals surface area contributed by atoms with Crippen LogP contribution in [0.3, 0.4) is 0 Å². The molecular formula is C11H14INO4. The zero-order valence-electron chi connectivity index (χ0n) is 9.44. The Hall–Kier alpha value is -0.860. The molecule has 17 heavy (non-hydrogen) atoms. The van der Waals surface area contributed by atoms with Crippen molar-refractivity contribution in [2.75, 3.05) is 26.1 Å². The lowest BCUT2D eigenvalue weighted by Gasteiger charge is -2.04. The van der Waals surface area contributed by atoms with Gasteiger partial charge >= 0.3 is 5.97 Å². The van der Waals surface area contributed by atoms with Crippen molar-refractivity contribution >= 4 is 34.2 Å². The summed E-state index contributed by atoms with van der Waals surface area (Å²) in [6, 6.07) is 5.28. The minimum absolute atomic E-state index is 0.391.